The molecule has 0 heterocycles. The van der Waals surface area contributed by atoms with Gasteiger partial charge in [-0.3, -0.25) is 4.79 Å². The SMILES string of the molecule is Cc1ccc([C@@H]2C(C(=O)O)[C@H]2c2ccc(C)cc2)cc1. The average molecular weight is 266 g/mol. The summed E-state index contributed by atoms with van der Waals surface area (Å²) in [4.78, 5) is 11.5. The first kappa shape index (κ1) is 12.9. The first-order valence-corrected chi connectivity index (χ1v) is 6.94. The van der Waals surface area contributed by atoms with Gasteiger partial charge in [0.05, 0.1) is 5.92 Å². The van der Waals surface area contributed by atoms with Gasteiger partial charge in [0.2, 0.25) is 0 Å². The molecule has 0 radical (unpaired) electrons. The lowest BCUT2D eigenvalue weighted by atomic mass is 10.0. The molecule has 0 saturated heterocycles. The maximum Gasteiger partial charge on any atom is 0.307 e. The highest BCUT2D eigenvalue weighted by atomic mass is 16.4. The highest BCUT2D eigenvalue weighted by Gasteiger charge is 2.56. The largest absolute Gasteiger partial charge is 0.481 e. The Bertz CT molecular complexity index is 574. The van der Waals surface area contributed by atoms with Crippen LogP contribution in [0.15, 0.2) is 48.5 Å². The van der Waals surface area contributed by atoms with Gasteiger partial charge in [-0.2, -0.15) is 0 Å². The quantitative estimate of drug-likeness (QED) is 0.915. The fourth-order valence-electron chi connectivity index (χ4n) is 3.02. The molecule has 1 saturated carbocycles. The molecule has 2 aromatic carbocycles. The number of hydrogen-bond donors (Lipinski definition) is 1. The molecule has 0 aliphatic heterocycles. The third-order valence-electron chi connectivity index (χ3n) is 4.23. The summed E-state index contributed by atoms with van der Waals surface area (Å²) in [5.41, 5.74) is 4.67. The number of rotatable bonds is 3. The number of carbonyl (C=O) groups is 1. The molecule has 102 valence electrons. The Morgan fingerprint density at radius 2 is 1.15 bits per heavy atom. The van der Waals surface area contributed by atoms with Gasteiger partial charge in [0.15, 0.2) is 0 Å². The third-order valence-corrected chi connectivity index (χ3v) is 4.23. The lowest BCUT2D eigenvalue weighted by Crippen LogP contribution is -2.00. The number of benzene rings is 2. The Morgan fingerprint density at radius 1 is 0.800 bits per heavy atom. The fourth-order valence-corrected chi connectivity index (χ4v) is 3.02. The second kappa shape index (κ2) is 4.78. The first-order valence-electron chi connectivity index (χ1n) is 6.94. The molecule has 2 heteroatoms. The summed E-state index contributed by atoms with van der Waals surface area (Å²) in [6.07, 6.45) is 0. The lowest BCUT2D eigenvalue weighted by Gasteiger charge is -2.02. The molecule has 1 fully saturated rings. The Labute approximate surface area is 119 Å². The standard InChI is InChI=1S/C18H18O2/c1-11-3-7-13(8-4-11)15-16(17(15)18(19)20)14-9-5-12(2)6-10-14/h3-10,15-17H,1-2H3,(H,19,20)/t15-,16-/m0/s1. The van der Waals surface area contributed by atoms with Gasteiger partial charge in [-0.05, 0) is 25.0 Å². The number of aliphatic carboxylic acids is 1. The summed E-state index contributed by atoms with van der Waals surface area (Å²) >= 11 is 0. The van der Waals surface area contributed by atoms with E-state index in [0.29, 0.717) is 0 Å². The number of hydrogen-bond acceptors (Lipinski definition) is 1. The maximum absolute atomic E-state index is 11.5. The molecule has 0 bridgehead atoms. The van der Waals surface area contributed by atoms with Crippen LogP contribution in [0.5, 0.6) is 0 Å². The summed E-state index contributed by atoms with van der Waals surface area (Å²) in [5, 5.41) is 9.43. The van der Waals surface area contributed by atoms with E-state index in [9.17, 15) is 9.90 Å². The van der Waals surface area contributed by atoms with Crippen LogP contribution in [0.2, 0.25) is 0 Å². The molecule has 3 rings (SSSR count). The molecular formula is C18H18O2. The molecule has 2 atom stereocenters. The van der Waals surface area contributed by atoms with Crippen molar-refractivity contribution in [3.8, 4) is 0 Å². The van der Waals surface area contributed by atoms with Crippen LogP contribution in [0.1, 0.15) is 34.1 Å². The minimum atomic E-state index is -0.693. The highest BCUT2D eigenvalue weighted by Crippen LogP contribution is 2.60. The van der Waals surface area contributed by atoms with Crippen molar-refractivity contribution in [1.29, 1.82) is 0 Å². The van der Waals surface area contributed by atoms with Crippen LogP contribution >= 0.6 is 0 Å². The summed E-state index contributed by atoms with van der Waals surface area (Å²) in [6.45, 7) is 4.09. The van der Waals surface area contributed by atoms with E-state index in [4.69, 9.17) is 0 Å². The Hall–Kier alpha value is -2.09. The van der Waals surface area contributed by atoms with Crippen molar-refractivity contribution in [2.24, 2.45) is 5.92 Å². The first-order chi connectivity index (χ1) is 9.58. The molecule has 1 aliphatic carbocycles. The van der Waals surface area contributed by atoms with E-state index in [2.05, 4.69) is 48.5 Å². The van der Waals surface area contributed by atoms with Gasteiger partial charge in [-0.25, -0.2) is 0 Å². The second-order valence-corrected chi connectivity index (χ2v) is 5.74. The minimum absolute atomic E-state index is 0.107. The van der Waals surface area contributed by atoms with Gasteiger partial charge in [0, 0.05) is 11.8 Å². The fraction of sp³-hybridized carbons (Fsp3) is 0.278. The molecule has 0 amide bonds. The van der Waals surface area contributed by atoms with E-state index >= 15 is 0 Å². The van der Waals surface area contributed by atoms with Crippen molar-refractivity contribution >= 4 is 5.97 Å². The minimum Gasteiger partial charge on any atom is -0.481 e. The summed E-state index contributed by atoms with van der Waals surface area (Å²) < 4.78 is 0. The molecule has 0 aromatic heterocycles. The van der Waals surface area contributed by atoms with E-state index in [0.717, 1.165) is 11.1 Å². The van der Waals surface area contributed by atoms with Gasteiger partial charge in [0.25, 0.3) is 0 Å². The van der Waals surface area contributed by atoms with E-state index in [1.807, 2.05) is 13.8 Å². The number of aryl methyl sites for hydroxylation is 2. The third kappa shape index (κ3) is 2.22. The normalized spacial score (nSPS) is 24.4. The second-order valence-electron chi connectivity index (χ2n) is 5.74. The smallest absolute Gasteiger partial charge is 0.307 e. The molecule has 2 aromatic rings. The summed E-state index contributed by atoms with van der Waals surface area (Å²) in [5.74, 6) is -0.770. The van der Waals surface area contributed by atoms with Crippen LogP contribution in [-0.2, 0) is 4.79 Å². The van der Waals surface area contributed by atoms with Gasteiger partial charge >= 0.3 is 5.97 Å². The zero-order valence-electron chi connectivity index (χ0n) is 11.7. The Morgan fingerprint density at radius 3 is 1.45 bits per heavy atom. The lowest BCUT2D eigenvalue weighted by molar-refractivity contribution is -0.138. The van der Waals surface area contributed by atoms with Crippen LogP contribution < -0.4 is 0 Å². The van der Waals surface area contributed by atoms with Crippen molar-refractivity contribution in [2.45, 2.75) is 25.7 Å². The van der Waals surface area contributed by atoms with Crippen molar-refractivity contribution in [1.82, 2.24) is 0 Å². The van der Waals surface area contributed by atoms with Gasteiger partial charge in [-0.1, -0.05) is 59.7 Å². The van der Waals surface area contributed by atoms with Crippen LogP contribution in [0.3, 0.4) is 0 Å². The van der Waals surface area contributed by atoms with Crippen molar-refractivity contribution in [3.05, 3.63) is 70.8 Å². The van der Waals surface area contributed by atoms with Crippen molar-refractivity contribution in [3.63, 3.8) is 0 Å². The predicted molar refractivity (Wildman–Crippen MR) is 79.0 cm³/mol. The average Bonchev–Trinajstić information content (AvgIpc) is 3.16. The molecular weight excluding hydrogens is 248 g/mol. The molecule has 1 N–H and O–H groups in total. The van der Waals surface area contributed by atoms with Crippen LogP contribution in [0.25, 0.3) is 0 Å². The summed E-state index contributed by atoms with van der Waals surface area (Å²) in [6, 6.07) is 16.5. The van der Waals surface area contributed by atoms with Crippen LogP contribution in [0.4, 0.5) is 0 Å². The van der Waals surface area contributed by atoms with Crippen LogP contribution in [0, 0.1) is 19.8 Å². The molecule has 1 aliphatic rings. The van der Waals surface area contributed by atoms with Crippen molar-refractivity contribution in [2.75, 3.05) is 0 Å². The molecule has 2 nitrogen and oxygen atoms in total. The monoisotopic (exact) mass is 266 g/mol. The highest BCUT2D eigenvalue weighted by molar-refractivity contribution is 5.78. The van der Waals surface area contributed by atoms with Gasteiger partial charge < -0.3 is 5.11 Å². The van der Waals surface area contributed by atoms with Gasteiger partial charge in [-0.15, -0.1) is 0 Å². The molecule has 0 unspecified atom stereocenters. The Balaban J connectivity index is 1.92. The molecule has 20 heavy (non-hydrogen) atoms. The maximum atomic E-state index is 11.5. The topological polar surface area (TPSA) is 37.3 Å². The summed E-state index contributed by atoms with van der Waals surface area (Å²) in [7, 11) is 0. The zero-order valence-corrected chi connectivity index (χ0v) is 11.7. The van der Waals surface area contributed by atoms with Crippen molar-refractivity contribution < 1.29 is 9.90 Å². The van der Waals surface area contributed by atoms with E-state index in [-0.39, 0.29) is 17.8 Å². The van der Waals surface area contributed by atoms with E-state index < -0.39 is 5.97 Å². The zero-order chi connectivity index (χ0) is 14.3. The van der Waals surface area contributed by atoms with Gasteiger partial charge in [0.1, 0.15) is 0 Å². The number of carboxylic acid groups (broad SMARTS) is 1. The van der Waals surface area contributed by atoms with E-state index in [1.165, 1.54) is 11.1 Å². The van der Waals surface area contributed by atoms with Crippen LogP contribution in [-0.4, -0.2) is 11.1 Å². The predicted octanol–water partition coefficient (Wildman–Crippen LogP) is 3.89. The number of carboxylic acids is 1. The van der Waals surface area contributed by atoms with E-state index in [1.54, 1.807) is 0 Å². The molecule has 0 spiro atoms. The Kier molecular flexibility index (Phi) is 3.09.